The number of likely N-dealkylation sites (N-methyl/N-ethyl adjacent to an activating group) is 1. The Morgan fingerprint density at radius 3 is 2.67 bits per heavy atom. The molecule has 15 heavy (non-hydrogen) atoms. The third-order valence-corrected chi connectivity index (χ3v) is 2.66. The first-order valence-corrected chi connectivity index (χ1v) is 6.27. The van der Waals surface area contributed by atoms with Crippen molar-refractivity contribution in [3.05, 3.63) is 35.7 Å². The molecule has 5 heteroatoms. The lowest BCUT2D eigenvalue weighted by molar-refractivity contribution is 0.352. The molecule has 0 aromatic heterocycles. The van der Waals surface area contributed by atoms with Crippen molar-refractivity contribution in [3.8, 4) is 0 Å². The SMILES string of the molecule is C=C1C=C(COS(C)(=O)=O)C(C)=CN1C. The topological polar surface area (TPSA) is 46.6 Å². The number of rotatable bonds is 3. The second kappa shape index (κ2) is 4.20. The van der Waals surface area contributed by atoms with Crippen molar-refractivity contribution in [1.82, 2.24) is 4.90 Å². The fourth-order valence-corrected chi connectivity index (χ4v) is 1.54. The fraction of sp³-hybridized carbons (Fsp3) is 0.400. The van der Waals surface area contributed by atoms with E-state index in [0.717, 1.165) is 23.1 Å². The molecule has 0 bridgehead atoms. The molecule has 1 aliphatic heterocycles. The summed E-state index contributed by atoms with van der Waals surface area (Å²) in [5, 5.41) is 0. The zero-order chi connectivity index (χ0) is 11.6. The second-order valence-corrected chi connectivity index (χ2v) is 5.19. The van der Waals surface area contributed by atoms with Gasteiger partial charge in [0.1, 0.15) is 0 Å². The Kier molecular flexibility index (Phi) is 3.36. The van der Waals surface area contributed by atoms with Gasteiger partial charge in [-0.1, -0.05) is 6.58 Å². The van der Waals surface area contributed by atoms with Crippen LogP contribution in [-0.2, 0) is 14.3 Å². The predicted octanol–water partition coefficient (Wildman–Crippen LogP) is 1.25. The minimum atomic E-state index is -3.39. The molecule has 1 aliphatic rings. The molecule has 0 amide bonds. The minimum absolute atomic E-state index is 0.0635. The van der Waals surface area contributed by atoms with E-state index in [4.69, 9.17) is 4.18 Å². The van der Waals surface area contributed by atoms with Gasteiger partial charge in [0.2, 0.25) is 0 Å². The molecular weight excluding hydrogens is 214 g/mol. The Morgan fingerprint density at radius 2 is 2.13 bits per heavy atom. The average Bonchev–Trinajstić information content (AvgIpc) is 2.07. The zero-order valence-corrected chi connectivity index (χ0v) is 9.97. The first-order valence-electron chi connectivity index (χ1n) is 4.45. The van der Waals surface area contributed by atoms with Crippen LogP contribution in [0.4, 0.5) is 0 Å². The Bertz CT molecular complexity index is 432. The molecule has 0 N–H and O–H groups in total. The summed E-state index contributed by atoms with van der Waals surface area (Å²) >= 11 is 0. The van der Waals surface area contributed by atoms with E-state index in [9.17, 15) is 8.42 Å². The molecule has 0 fully saturated rings. The Labute approximate surface area is 90.7 Å². The van der Waals surface area contributed by atoms with Gasteiger partial charge in [0, 0.05) is 18.9 Å². The molecule has 0 unspecified atom stereocenters. The molecule has 0 saturated carbocycles. The standard InChI is InChI=1S/C10H15NO3S/c1-8-6-11(3)9(2)5-10(8)7-14-15(4,12)13/h5-6H,2,7H2,1,3-4H3. The van der Waals surface area contributed by atoms with E-state index < -0.39 is 10.1 Å². The van der Waals surface area contributed by atoms with Crippen LogP contribution in [0.25, 0.3) is 0 Å². The first kappa shape index (κ1) is 12.0. The molecule has 4 nitrogen and oxygen atoms in total. The maximum atomic E-state index is 10.8. The van der Waals surface area contributed by atoms with Gasteiger partial charge in [-0.15, -0.1) is 0 Å². The summed E-state index contributed by atoms with van der Waals surface area (Å²) in [6.45, 7) is 5.79. The van der Waals surface area contributed by atoms with Gasteiger partial charge in [-0.25, -0.2) is 0 Å². The van der Waals surface area contributed by atoms with Crippen molar-refractivity contribution in [1.29, 1.82) is 0 Å². The maximum absolute atomic E-state index is 10.8. The van der Waals surface area contributed by atoms with Crippen molar-refractivity contribution in [2.24, 2.45) is 0 Å². The number of hydrogen-bond donors (Lipinski definition) is 0. The third kappa shape index (κ3) is 3.53. The minimum Gasteiger partial charge on any atom is -0.351 e. The van der Waals surface area contributed by atoms with E-state index >= 15 is 0 Å². The lowest BCUT2D eigenvalue weighted by Crippen LogP contribution is -2.16. The molecule has 0 aliphatic carbocycles. The number of nitrogens with zero attached hydrogens (tertiary/aromatic N) is 1. The molecule has 1 rings (SSSR count). The van der Waals surface area contributed by atoms with E-state index in [2.05, 4.69) is 6.58 Å². The van der Waals surface area contributed by atoms with Crippen LogP contribution in [0.1, 0.15) is 6.92 Å². The van der Waals surface area contributed by atoms with Gasteiger partial charge in [0.25, 0.3) is 10.1 Å². The van der Waals surface area contributed by atoms with Crippen LogP contribution < -0.4 is 0 Å². The van der Waals surface area contributed by atoms with Gasteiger partial charge in [-0.2, -0.15) is 8.42 Å². The molecular formula is C10H15NO3S. The van der Waals surface area contributed by atoms with Crippen molar-refractivity contribution in [2.45, 2.75) is 6.92 Å². The largest absolute Gasteiger partial charge is 0.351 e. The maximum Gasteiger partial charge on any atom is 0.264 e. The third-order valence-electron chi connectivity index (χ3n) is 2.12. The van der Waals surface area contributed by atoms with Gasteiger partial charge in [0.05, 0.1) is 12.9 Å². The van der Waals surface area contributed by atoms with Gasteiger partial charge in [-0.05, 0) is 24.1 Å². The Morgan fingerprint density at radius 1 is 1.53 bits per heavy atom. The summed E-state index contributed by atoms with van der Waals surface area (Å²) < 4.78 is 26.4. The molecule has 0 aromatic rings. The van der Waals surface area contributed by atoms with Crippen molar-refractivity contribution < 1.29 is 12.6 Å². The Hall–Kier alpha value is -1.07. The van der Waals surface area contributed by atoms with Crippen molar-refractivity contribution in [2.75, 3.05) is 19.9 Å². The summed E-state index contributed by atoms with van der Waals surface area (Å²) in [6, 6.07) is 0. The Balaban J connectivity index is 2.76. The predicted molar refractivity (Wildman–Crippen MR) is 59.5 cm³/mol. The fourth-order valence-electron chi connectivity index (χ4n) is 1.20. The van der Waals surface area contributed by atoms with Crippen LogP contribution in [0, 0.1) is 0 Å². The molecule has 1 heterocycles. The van der Waals surface area contributed by atoms with Gasteiger partial charge in [-0.3, -0.25) is 4.18 Å². The van der Waals surface area contributed by atoms with Crippen molar-refractivity contribution >= 4 is 10.1 Å². The molecule has 0 saturated heterocycles. The van der Waals surface area contributed by atoms with E-state index in [1.54, 1.807) is 0 Å². The van der Waals surface area contributed by atoms with Crippen LogP contribution in [-0.4, -0.2) is 33.2 Å². The normalized spacial score (nSPS) is 17.5. The van der Waals surface area contributed by atoms with Gasteiger partial charge in [0.15, 0.2) is 0 Å². The summed E-state index contributed by atoms with van der Waals surface area (Å²) in [4.78, 5) is 1.87. The summed E-state index contributed by atoms with van der Waals surface area (Å²) in [5.74, 6) is 0. The quantitative estimate of drug-likeness (QED) is 0.683. The van der Waals surface area contributed by atoms with E-state index in [-0.39, 0.29) is 6.61 Å². The zero-order valence-electron chi connectivity index (χ0n) is 9.15. The van der Waals surface area contributed by atoms with Crippen LogP contribution >= 0.6 is 0 Å². The highest BCUT2D eigenvalue weighted by Gasteiger charge is 2.12. The smallest absolute Gasteiger partial charge is 0.264 e. The molecule has 0 radical (unpaired) electrons. The van der Waals surface area contributed by atoms with Crippen LogP contribution in [0.15, 0.2) is 35.7 Å². The highest BCUT2D eigenvalue weighted by atomic mass is 32.2. The highest BCUT2D eigenvalue weighted by Crippen LogP contribution is 2.20. The number of hydrogen-bond acceptors (Lipinski definition) is 4. The van der Waals surface area contributed by atoms with Crippen LogP contribution in [0.3, 0.4) is 0 Å². The second-order valence-electron chi connectivity index (χ2n) is 3.55. The summed E-state index contributed by atoms with van der Waals surface area (Å²) in [5.41, 5.74) is 2.63. The van der Waals surface area contributed by atoms with E-state index in [1.807, 2.05) is 31.1 Å². The monoisotopic (exact) mass is 229 g/mol. The summed E-state index contributed by atoms with van der Waals surface area (Å²) in [7, 11) is -1.50. The van der Waals surface area contributed by atoms with Crippen LogP contribution in [0.2, 0.25) is 0 Å². The van der Waals surface area contributed by atoms with Gasteiger partial charge < -0.3 is 4.90 Å². The van der Waals surface area contributed by atoms with E-state index in [0.29, 0.717) is 0 Å². The van der Waals surface area contributed by atoms with Crippen molar-refractivity contribution in [3.63, 3.8) is 0 Å². The average molecular weight is 229 g/mol. The molecule has 84 valence electrons. The molecule has 0 atom stereocenters. The first-order chi connectivity index (χ1) is 6.79. The number of allylic oxidation sites excluding steroid dienone is 1. The lowest BCUT2D eigenvalue weighted by atomic mass is 10.1. The highest BCUT2D eigenvalue weighted by molar-refractivity contribution is 7.85. The summed E-state index contributed by atoms with van der Waals surface area (Å²) in [6.07, 6.45) is 4.75. The lowest BCUT2D eigenvalue weighted by Gasteiger charge is -2.22. The van der Waals surface area contributed by atoms with E-state index in [1.165, 1.54) is 0 Å². The van der Waals surface area contributed by atoms with Crippen LogP contribution in [0.5, 0.6) is 0 Å². The molecule has 0 aromatic carbocycles. The van der Waals surface area contributed by atoms with Gasteiger partial charge >= 0.3 is 0 Å². The molecule has 0 spiro atoms.